The number of hydrogen-bond donors (Lipinski definition) is 4. The molecule has 1 aromatic carbocycles. The Morgan fingerprint density at radius 2 is 1.86 bits per heavy atom. The second-order valence-corrected chi connectivity index (χ2v) is 6.18. The van der Waals surface area contributed by atoms with Gasteiger partial charge in [0.05, 0.1) is 12.7 Å². The van der Waals surface area contributed by atoms with Gasteiger partial charge in [0.15, 0.2) is 0 Å². The first-order chi connectivity index (χ1) is 9.84. The molecule has 0 aliphatic heterocycles. The van der Waals surface area contributed by atoms with Crippen LogP contribution in [0.25, 0.3) is 0 Å². The molecule has 0 aromatic heterocycles. The minimum atomic E-state index is -0.388. The molecule has 1 aromatic rings. The molecule has 118 valence electrons. The molecule has 0 aliphatic carbocycles. The number of carbonyl (C=O) groups excluding carboxylic acids is 1. The number of aliphatic hydroxyl groups is 2. The van der Waals surface area contributed by atoms with Crippen LogP contribution in [0.2, 0.25) is 0 Å². The third-order valence-corrected chi connectivity index (χ3v) is 3.30. The zero-order valence-corrected chi connectivity index (χ0v) is 13.0. The van der Waals surface area contributed by atoms with Crippen LogP contribution in [-0.2, 0) is 13.2 Å². The molecule has 5 nitrogen and oxygen atoms in total. The van der Waals surface area contributed by atoms with E-state index < -0.39 is 0 Å². The van der Waals surface area contributed by atoms with Crippen LogP contribution in [0.3, 0.4) is 0 Å². The van der Waals surface area contributed by atoms with E-state index in [1.165, 1.54) is 0 Å². The van der Waals surface area contributed by atoms with Crippen molar-refractivity contribution in [3.8, 4) is 0 Å². The Balaban J connectivity index is 2.41. The summed E-state index contributed by atoms with van der Waals surface area (Å²) in [6.07, 6.45) is 0.238. The maximum Gasteiger partial charge on any atom is 0.315 e. The molecule has 0 saturated heterocycles. The van der Waals surface area contributed by atoms with E-state index in [-0.39, 0.29) is 24.2 Å². The number of rotatable bonds is 7. The van der Waals surface area contributed by atoms with E-state index in [0.29, 0.717) is 19.5 Å². The van der Waals surface area contributed by atoms with E-state index in [9.17, 15) is 15.0 Å². The lowest BCUT2D eigenvalue weighted by atomic mass is 9.87. The lowest BCUT2D eigenvalue weighted by Crippen LogP contribution is -2.41. The smallest absolute Gasteiger partial charge is 0.315 e. The van der Waals surface area contributed by atoms with Gasteiger partial charge in [-0.25, -0.2) is 4.79 Å². The lowest BCUT2D eigenvalue weighted by molar-refractivity contribution is 0.129. The SMILES string of the molecule is CC(O)CC(C)(C)CNC(=O)NCc1ccccc1CO. The van der Waals surface area contributed by atoms with Crippen LogP contribution in [0, 0.1) is 5.41 Å². The molecule has 21 heavy (non-hydrogen) atoms. The van der Waals surface area contributed by atoms with Gasteiger partial charge in [0.2, 0.25) is 0 Å². The molecular formula is C16H26N2O3. The van der Waals surface area contributed by atoms with Gasteiger partial charge in [0.1, 0.15) is 0 Å². The molecular weight excluding hydrogens is 268 g/mol. The number of urea groups is 1. The maximum atomic E-state index is 11.8. The average Bonchev–Trinajstić information content (AvgIpc) is 2.42. The van der Waals surface area contributed by atoms with Crippen molar-refractivity contribution in [2.45, 2.75) is 46.4 Å². The third kappa shape index (κ3) is 6.60. The van der Waals surface area contributed by atoms with Gasteiger partial charge in [-0.2, -0.15) is 0 Å². The maximum absolute atomic E-state index is 11.8. The van der Waals surface area contributed by atoms with Crippen LogP contribution in [0.4, 0.5) is 4.79 Å². The summed E-state index contributed by atoms with van der Waals surface area (Å²) in [5, 5.41) is 24.2. The van der Waals surface area contributed by atoms with Gasteiger partial charge >= 0.3 is 6.03 Å². The number of nitrogens with one attached hydrogen (secondary N) is 2. The molecule has 0 heterocycles. The Hall–Kier alpha value is -1.59. The van der Waals surface area contributed by atoms with Crippen molar-refractivity contribution < 1.29 is 15.0 Å². The molecule has 0 spiro atoms. The van der Waals surface area contributed by atoms with Crippen LogP contribution >= 0.6 is 0 Å². The summed E-state index contributed by atoms with van der Waals surface area (Å²) in [4.78, 5) is 11.8. The van der Waals surface area contributed by atoms with Gasteiger partial charge in [-0.05, 0) is 29.9 Å². The molecule has 1 unspecified atom stereocenters. The Labute approximate surface area is 126 Å². The van der Waals surface area contributed by atoms with Crippen LogP contribution in [0.1, 0.15) is 38.3 Å². The highest BCUT2D eigenvalue weighted by atomic mass is 16.3. The van der Waals surface area contributed by atoms with Crippen molar-refractivity contribution >= 4 is 6.03 Å². The molecule has 2 amide bonds. The number of aliphatic hydroxyl groups excluding tert-OH is 2. The van der Waals surface area contributed by atoms with E-state index >= 15 is 0 Å². The molecule has 0 fully saturated rings. The van der Waals surface area contributed by atoms with E-state index in [1.807, 2.05) is 38.1 Å². The molecule has 0 radical (unpaired) electrons. The summed E-state index contributed by atoms with van der Waals surface area (Å²) in [6, 6.07) is 7.19. The monoisotopic (exact) mass is 294 g/mol. The van der Waals surface area contributed by atoms with Crippen molar-refractivity contribution in [3.63, 3.8) is 0 Å². The third-order valence-electron chi connectivity index (χ3n) is 3.30. The van der Waals surface area contributed by atoms with Gasteiger partial charge in [-0.3, -0.25) is 0 Å². The van der Waals surface area contributed by atoms with Gasteiger partial charge in [0.25, 0.3) is 0 Å². The van der Waals surface area contributed by atoms with Crippen LogP contribution in [0.5, 0.6) is 0 Å². The Morgan fingerprint density at radius 3 is 2.43 bits per heavy atom. The number of hydrogen-bond acceptors (Lipinski definition) is 3. The minimum Gasteiger partial charge on any atom is -0.393 e. The van der Waals surface area contributed by atoms with E-state index in [1.54, 1.807) is 6.92 Å². The lowest BCUT2D eigenvalue weighted by Gasteiger charge is -2.26. The second kappa shape index (κ2) is 8.00. The summed E-state index contributed by atoms with van der Waals surface area (Å²) in [5.41, 5.74) is 1.56. The summed E-state index contributed by atoms with van der Waals surface area (Å²) < 4.78 is 0. The number of benzene rings is 1. The molecule has 5 heteroatoms. The quantitative estimate of drug-likeness (QED) is 0.618. The topological polar surface area (TPSA) is 81.6 Å². The predicted molar refractivity (Wildman–Crippen MR) is 82.7 cm³/mol. The molecule has 1 atom stereocenters. The fourth-order valence-corrected chi connectivity index (χ4v) is 2.31. The normalized spacial score (nSPS) is 12.8. The standard InChI is InChI=1S/C16H26N2O3/c1-12(20)8-16(2,3)11-18-15(21)17-9-13-6-4-5-7-14(13)10-19/h4-7,12,19-20H,8-11H2,1-3H3,(H2,17,18,21). The Kier molecular flexibility index (Phi) is 6.65. The van der Waals surface area contributed by atoms with Crippen molar-refractivity contribution in [2.24, 2.45) is 5.41 Å². The summed E-state index contributed by atoms with van der Waals surface area (Å²) in [6.45, 7) is 6.57. The van der Waals surface area contributed by atoms with Crippen molar-refractivity contribution in [3.05, 3.63) is 35.4 Å². The number of carbonyl (C=O) groups is 1. The average molecular weight is 294 g/mol. The van der Waals surface area contributed by atoms with Crippen molar-refractivity contribution in [1.29, 1.82) is 0 Å². The number of amides is 2. The van der Waals surface area contributed by atoms with Crippen LogP contribution < -0.4 is 10.6 Å². The molecule has 0 bridgehead atoms. The zero-order valence-electron chi connectivity index (χ0n) is 13.0. The minimum absolute atomic E-state index is 0.0408. The predicted octanol–water partition coefficient (Wildman–Crippen LogP) is 1.78. The highest BCUT2D eigenvalue weighted by Crippen LogP contribution is 2.20. The molecule has 4 N–H and O–H groups in total. The first-order valence-corrected chi connectivity index (χ1v) is 7.21. The highest BCUT2D eigenvalue weighted by Gasteiger charge is 2.20. The largest absolute Gasteiger partial charge is 0.393 e. The van der Waals surface area contributed by atoms with E-state index in [0.717, 1.165) is 11.1 Å². The fourth-order valence-electron chi connectivity index (χ4n) is 2.31. The van der Waals surface area contributed by atoms with Gasteiger partial charge in [-0.1, -0.05) is 38.1 Å². The Morgan fingerprint density at radius 1 is 1.24 bits per heavy atom. The summed E-state index contributed by atoms with van der Waals surface area (Å²) >= 11 is 0. The first kappa shape index (κ1) is 17.5. The Bertz CT molecular complexity index is 459. The second-order valence-electron chi connectivity index (χ2n) is 6.18. The first-order valence-electron chi connectivity index (χ1n) is 7.21. The van der Waals surface area contributed by atoms with Gasteiger partial charge in [0, 0.05) is 13.1 Å². The summed E-state index contributed by atoms with van der Waals surface area (Å²) in [7, 11) is 0. The molecule has 1 rings (SSSR count). The fraction of sp³-hybridized carbons (Fsp3) is 0.562. The van der Waals surface area contributed by atoms with Gasteiger partial charge in [-0.15, -0.1) is 0 Å². The zero-order chi connectivity index (χ0) is 15.9. The summed E-state index contributed by atoms with van der Waals surface area (Å²) in [5.74, 6) is 0. The molecule has 0 aliphatic rings. The van der Waals surface area contributed by atoms with Crippen molar-refractivity contribution in [1.82, 2.24) is 10.6 Å². The van der Waals surface area contributed by atoms with Crippen molar-refractivity contribution in [2.75, 3.05) is 6.54 Å². The van der Waals surface area contributed by atoms with Crippen LogP contribution in [0.15, 0.2) is 24.3 Å². The van der Waals surface area contributed by atoms with Gasteiger partial charge < -0.3 is 20.8 Å². The van der Waals surface area contributed by atoms with E-state index in [4.69, 9.17) is 0 Å². The van der Waals surface area contributed by atoms with E-state index in [2.05, 4.69) is 10.6 Å². The molecule has 0 saturated carbocycles. The van der Waals surface area contributed by atoms with Crippen LogP contribution in [-0.4, -0.2) is 28.9 Å². The highest BCUT2D eigenvalue weighted by molar-refractivity contribution is 5.73.